The van der Waals surface area contributed by atoms with E-state index in [9.17, 15) is 5.11 Å². The molecule has 8 nitrogen and oxygen atoms in total. The van der Waals surface area contributed by atoms with Gasteiger partial charge in [-0.15, -0.1) is 5.10 Å². The first-order valence-corrected chi connectivity index (χ1v) is 8.57. The average molecular weight is 331 g/mol. The van der Waals surface area contributed by atoms with Crippen LogP contribution < -0.4 is 10.2 Å². The minimum absolute atomic E-state index is 0.0224. The van der Waals surface area contributed by atoms with Crippen LogP contribution in [0.5, 0.6) is 0 Å². The van der Waals surface area contributed by atoms with Gasteiger partial charge in [0.2, 0.25) is 0 Å². The maximum absolute atomic E-state index is 9.33. The first-order valence-electron chi connectivity index (χ1n) is 8.57. The maximum Gasteiger partial charge on any atom is 0.134 e. The Hall–Kier alpha value is -2.22. The van der Waals surface area contributed by atoms with Gasteiger partial charge in [-0.3, -0.25) is 4.68 Å². The molecule has 1 saturated heterocycles. The van der Waals surface area contributed by atoms with Gasteiger partial charge in [-0.2, -0.15) is 0 Å². The summed E-state index contributed by atoms with van der Waals surface area (Å²) in [5, 5.41) is 20.5. The van der Waals surface area contributed by atoms with Crippen molar-refractivity contribution in [1.29, 1.82) is 0 Å². The third-order valence-electron chi connectivity index (χ3n) is 4.48. The van der Waals surface area contributed by atoms with Crippen LogP contribution in [-0.2, 0) is 6.54 Å². The van der Waals surface area contributed by atoms with E-state index in [2.05, 4.69) is 30.5 Å². The van der Waals surface area contributed by atoms with E-state index in [0.29, 0.717) is 5.92 Å². The Morgan fingerprint density at radius 3 is 3.08 bits per heavy atom. The van der Waals surface area contributed by atoms with E-state index in [4.69, 9.17) is 0 Å². The van der Waals surface area contributed by atoms with Crippen molar-refractivity contribution in [2.45, 2.75) is 38.8 Å². The number of rotatable bonds is 7. The number of anilines is 2. The predicted octanol–water partition coefficient (Wildman–Crippen LogP) is 1.17. The van der Waals surface area contributed by atoms with Gasteiger partial charge in [0.05, 0.1) is 18.8 Å². The topological polar surface area (TPSA) is 92.0 Å². The summed E-state index contributed by atoms with van der Waals surface area (Å²) in [5.41, 5.74) is 0. The molecule has 0 aliphatic carbocycles. The van der Waals surface area contributed by atoms with Gasteiger partial charge in [0.1, 0.15) is 18.0 Å². The molecule has 8 heteroatoms. The highest BCUT2D eigenvalue weighted by atomic mass is 16.3. The van der Waals surface area contributed by atoms with Crippen molar-refractivity contribution < 1.29 is 5.11 Å². The monoisotopic (exact) mass is 331 g/mol. The molecule has 2 aromatic heterocycles. The van der Waals surface area contributed by atoms with Gasteiger partial charge in [0, 0.05) is 31.9 Å². The SMILES string of the molecule is CCC(CO)Nc1cc(N2CCCC(Cn3ccnn3)C2)ncn1. The van der Waals surface area contributed by atoms with E-state index in [1.54, 1.807) is 12.5 Å². The first-order chi connectivity index (χ1) is 11.8. The summed E-state index contributed by atoms with van der Waals surface area (Å²) in [6, 6.07) is 1.99. The second-order valence-corrected chi connectivity index (χ2v) is 6.27. The van der Waals surface area contributed by atoms with E-state index in [1.807, 2.05) is 23.9 Å². The van der Waals surface area contributed by atoms with Crippen molar-refractivity contribution in [2.75, 3.05) is 29.9 Å². The quantitative estimate of drug-likeness (QED) is 0.786. The summed E-state index contributed by atoms with van der Waals surface area (Å²) in [4.78, 5) is 11.0. The fourth-order valence-corrected chi connectivity index (χ4v) is 3.10. The summed E-state index contributed by atoms with van der Waals surface area (Å²) < 4.78 is 1.90. The van der Waals surface area contributed by atoms with E-state index in [0.717, 1.165) is 44.1 Å². The lowest BCUT2D eigenvalue weighted by Crippen LogP contribution is -2.37. The van der Waals surface area contributed by atoms with E-state index in [-0.39, 0.29) is 12.6 Å². The highest BCUT2D eigenvalue weighted by Gasteiger charge is 2.22. The Bertz CT molecular complexity index is 615. The zero-order valence-electron chi connectivity index (χ0n) is 14.0. The molecular formula is C16H25N7O. The standard InChI is InChI=1S/C16H25N7O/c1-2-14(11-24)20-15-8-16(18-12-17-15)22-6-3-4-13(9-22)10-23-7-5-19-21-23/h5,7-8,12-14,24H,2-4,6,9-11H2,1H3,(H,17,18,20). The fraction of sp³-hybridized carbons (Fsp3) is 0.625. The molecule has 0 amide bonds. The molecule has 0 spiro atoms. The number of aliphatic hydroxyl groups excluding tert-OH is 1. The molecule has 0 saturated carbocycles. The predicted molar refractivity (Wildman–Crippen MR) is 91.8 cm³/mol. The van der Waals surface area contributed by atoms with Crippen LogP contribution in [0.4, 0.5) is 11.6 Å². The number of nitrogens with one attached hydrogen (secondary N) is 1. The van der Waals surface area contributed by atoms with Gasteiger partial charge in [-0.05, 0) is 25.2 Å². The highest BCUT2D eigenvalue weighted by molar-refractivity contribution is 5.49. The smallest absolute Gasteiger partial charge is 0.134 e. The molecule has 1 fully saturated rings. The second kappa shape index (κ2) is 8.05. The van der Waals surface area contributed by atoms with Crippen LogP contribution in [0.3, 0.4) is 0 Å². The Morgan fingerprint density at radius 2 is 2.33 bits per heavy atom. The van der Waals surface area contributed by atoms with Crippen molar-refractivity contribution in [2.24, 2.45) is 5.92 Å². The minimum Gasteiger partial charge on any atom is -0.394 e. The van der Waals surface area contributed by atoms with Crippen LogP contribution in [0.1, 0.15) is 26.2 Å². The van der Waals surface area contributed by atoms with Crippen LogP contribution in [0.15, 0.2) is 24.8 Å². The lowest BCUT2D eigenvalue weighted by atomic mass is 9.98. The summed E-state index contributed by atoms with van der Waals surface area (Å²) in [6.45, 7) is 4.97. The number of aromatic nitrogens is 5. The van der Waals surface area contributed by atoms with Crippen molar-refractivity contribution in [1.82, 2.24) is 25.0 Å². The van der Waals surface area contributed by atoms with Gasteiger partial charge in [-0.1, -0.05) is 12.1 Å². The number of piperidine rings is 1. The molecule has 2 unspecified atom stereocenters. The Kier molecular flexibility index (Phi) is 5.58. The Morgan fingerprint density at radius 1 is 1.42 bits per heavy atom. The van der Waals surface area contributed by atoms with Gasteiger partial charge < -0.3 is 15.3 Å². The van der Waals surface area contributed by atoms with Crippen molar-refractivity contribution in [3.8, 4) is 0 Å². The van der Waals surface area contributed by atoms with Crippen molar-refractivity contribution in [3.63, 3.8) is 0 Å². The molecule has 130 valence electrons. The van der Waals surface area contributed by atoms with Crippen molar-refractivity contribution >= 4 is 11.6 Å². The minimum atomic E-state index is 0.0224. The van der Waals surface area contributed by atoms with Crippen LogP contribution in [0.25, 0.3) is 0 Å². The number of aliphatic hydroxyl groups is 1. The van der Waals surface area contributed by atoms with E-state index in [1.165, 1.54) is 6.42 Å². The van der Waals surface area contributed by atoms with Crippen LogP contribution in [0, 0.1) is 5.92 Å². The van der Waals surface area contributed by atoms with Gasteiger partial charge >= 0.3 is 0 Å². The summed E-state index contributed by atoms with van der Waals surface area (Å²) in [6.07, 6.45) is 8.39. The molecule has 0 bridgehead atoms. The lowest BCUT2D eigenvalue weighted by molar-refractivity contribution is 0.271. The van der Waals surface area contributed by atoms with E-state index >= 15 is 0 Å². The van der Waals surface area contributed by atoms with Crippen molar-refractivity contribution in [3.05, 3.63) is 24.8 Å². The molecule has 0 radical (unpaired) electrons. The van der Waals surface area contributed by atoms with Crippen LogP contribution in [-0.4, -0.2) is 55.8 Å². The molecule has 0 aromatic carbocycles. The second-order valence-electron chi connectivity index (χ2n) is 6.27. The van der Waals surface area contributed by atoms with Gasteiger partial charge in [0.25, 0.3) is 0 Å². The molecule has 24 heavy (non-hydrogen) atoms. The lowest BCUT2D eigenvalue weighted by Gasteiger charge is -2.33. The van der Waals surface area contributed by atoms with Crippen LogP contribution >= 0.6 is 0 Å². The Balaban J connectivity index is 1.64. The number of nitrogens with zero attached hydrogens (tertiary/aromatic N) is 6. The first kappa shape index (κ1) is 16.6. The number of hydrogen-bond donors (Lipinski definition) is 2. The van der Waals surface area contributed by atoms with Gasteiger partial charge in [-0.25, -0.2) is 9.97 Å². The number of hydrogen-bond acceptors (Lipinski definition) is 7. The molecule has 1 aliphatic heterocycles. The summed E-state index contributed by atoms with van der Waals surface area (Å²) in [5.74, 6) is 2.23. The fourth-order valence-electron chi connectivity index (χ4n) is 3.10. The highest BCUT2D eigenvalue weighted by Crippen LogP contribution is 2.23. The Labute approximate surface area is 141 Å². The third kappa shape index (κ3) is 4.19. The molecule has 1 aliphatic rings. The summed E-state index contributed by atoms with van der Waals surface area (Å²) in [7, 11) is 0. The molecular weight excluding hydrogens is 306 g/mol. The molecule has 2 N–H and O–H groups in total. The average Bonchev–Trinajstić information content (AvgIpc) is 3.13. The molecule has 3 rings (SSSR count). The third-order valence-corrected chi connectivity index (χ3v) is 4.48. The zero-order chi connectivity index (χ0) is 16.8. The molecule has 3 heterocycles. The molecule has 2 atom stereocenters. The molecule has 2 aromatic rings. The maximum atomic E-state index is 9.33. The normalized spacial score (nSPS) is 19.2. The van der Waals surface area contributed by atoms with E-state index < -0.39 is 0 Å². The van der Waals surface area contributed by atoms with Crippen LogP contribution in [0.2, 0.25) is 0 Å². The zero-order valence-corrected chi connectivity index (χ0v) is 14.0. The largest absolute Gasteiger partial charge is 0.394 e. The summed E-state index contributed by atoms with van der Waals surface area (Å²) >= 11 is 0. The van der Waals surface area contributed by atoms with Gasteiger partial charge in [0.15, 0.2) is 0 Å².